The van der Waals surface area contributed by atoms with Crippen LogP contribution in [0.25, 0.3) is 0 Å². The second kappa shape index (κ2) is 6.23. The van der Waals surface area contributed by atoms with E-state index in [0.717, 1.165) is 6.42 Å². The lowest BCUT2D eigenvalue weighted by molar-refractivity contribution is -0.122. The maximum absolute atomic E-state index is 11.9. The predicted octanol–water partition coefficient (Wildman–Crippen LogP) is 1.52. The van der Waals surface area contributed by atoms with Gasteiger partial charge in [0.15, 0.2) is 0 Å². The topological polar surface area (TPSA) is 72.9 Å². The summed E-state index contributed by atoms with van der Waals surface area (Å²) >= 11 is 0. The van der Waals surface area contributed by atoms with Crippen molar-refractivity contribution < 1.29 is 4.79 Å². The third kappa shape index (κ3) is 3.85. The molecule has 1 atom stereocenters. The number of carbonyl (C=O) groups excluding carboxylic acids is 1. The number of nitrogens with two attached hydrogens (primary N) is 1. The molecule has 0 aliphatic carbocycles. The SMILES string of the molecule is Cc1ccccc1CC(C)NC(=O)Cn1cc(N)cn1. The minimum absolute atomic E-state index is 0.0609. The van der Waals surface area contributed by atoms with Crippen LogP contribution in [0.5, 0.6) is 0 Å². The van der Waals surface area contributed by atoms with Crippen LogP contribution < -0.4 is 11.1 Å². The molecule has 1 aromatic heterocycles. The number of nitrogens with zero attached hydrogens (tertiary/aromatic N) is 2. The van der Waals surface area contributed by atoms with Crippen LogP contribution in [0, 0.1) is 6.92 Å². The van der Waals surface area contributed by atoms with E-state index in [2.05, 4.69) is 29.5 Å². The summed E-state index contributed by atoms with van der Waals surface area (Å²) < 4.78 is 1.53. The molecule has 3 N–H and O–H groups in total. The smallest absolute Gasteiger partial charge is 0.241 e. The second-order valence-corrected chi connectivity index (χ2v) is 5.07. The molecular formula is C15H20N4O. The molecule has 1 aromatic carbocycles. The van der Waals surface area contributed by atoms with Gasteiger partial charge in [-0.3, -0.25) is 9.48 Å². The Labute approximate surface area is 118 Å². The van der Waals surface area contributed by atoms with Crippen LogP contribution in [0.4, 0.5) is 5.69 Å². The van der Waals surface area contributed by atoms with Gasteiger partial charge in [-0.1, -0.05) is 24.3 Å². The van der Waals surface area contributed by atoms with Gasteiger partial charge in [-0.2, -0.15) is 5.10 Å². The van der Waals surface area contributed by atoms with Gasteiger partial charge in [-0.25, -0.2) is 0 Å². The van der Waals surface area contributed by atoms with E-state index in [-0.39, 0.29) is 18.5 Å². The van der Waals surface area contributed by atoms with Gasteiger partial charge in [-0.05, 0) is 31.4 Å². The third-order valence-electron chi connectivity index (χ3n) is 3.15. The van der Waals surface area contributed by atoms with Crippen molar-refractivity contribution >= 4 is 11.6 Å². The first-order valence-electron chi connectivity index (χ1n) is 6.66. The van der Waals surface area contributed by atoms with Gasteiger partial charge < -0.3 is 11.1 Å². The molecule has 106 valence electrons. The molecule has 5 heteroatoms. The summed E-state index contributed by atoms with van der Waals surface area (Å²) in [5, 5.41) is 6.96. The van der Waals surface area contributed by atoms with Crippen LogP contribution in [-0.4, -0.2) is 21.7 Å². The summed E-state index contributed by atoms with van der Waals surface area (Å²) in [5.74, 6) is -0.0609. The fraction of sp³-hybridized carbons (Fsp3) is 0.333. The Kier molecular flexibility index (Phi) is 4.40. The van der Waals surface area contributed by atoms with Crippen molar-refractivity contribution in [1.82, 2.24) is 15.1 Å². The lowest BCUT2D eigenvalue weighted by Crippen LogP contribution is -2.36. The van der Waals surface area contributed by atoms with Crippen molar-refractivity contribution in [2.24, 2.45) is 0 Å². The van der Waals surface area contributed by atoms with Crippen LogP contribution in [0.2, 0.25) is 0 Å². The molecule has 1 heterocycles. The molecule has 0 saturated heterocycles. The van der Waals surface area contributed by atoms with Gasteiger partial charge in [0, 0.05) is 12.2 Å². The van der Waals surface area contributed by atoms with Crippen LogP contribution in [-0.2, 0) is 17.8 Å². The molecular weight excluding hydrogens is 252 g/mol. The van der Waals surface area contributed by atoms with Crippen LogP contribution in [0.3, 0.4) is 0 Å². The molecule has 0 aliphatic rings. The van der Waals surface area contributed by atoms with E-state index in [0.29, 0.717) is 5.69 Å². The average Bonchev–Trinajstić information content (AvgIpc) is 2.77. The zero-order chi connectivity index (χ0) is 14.5. The first-order valence-corrected chi connectivity index (χ1v) is 6.66. The summed E-state index contributed by atoms with van der Waals surface area (Å²) in [6.45, 7) is 4.27. The number of hydrogen-bond donors (Lipinski definition) is 2. The molecule has 0 spiro atoms. The van der Waals surface area contributed by atoms with Crippen LogP contribution in [0.1, 0.15) is 18.1 Å². The molecule has 0 aliphatic heterocycles. The van der Waals surface area contributed by atoms with Crippen LogP contribution in [0.15, 0.2) is 36.7 Å². The minimum Gasteiger partial charge on any atom is -0.396 e. The van der Waals surface area contributed by atoms with Gasteiger partial charge in [0.05, 0.1) is 11.9 Å². The summed E-state index contributed by atoms with van der Waals surface area (Å²) in [5.41, 5.74) is 8.62. The molecule has 0 saturated carbocycles. The summed E-state index contributed by atoms with van der Waals surface area (Å²) in [4.78, 5) is 11.9. The summed E-state index contributed by atoms with van der Waals surface area (Å²) in [6, 6.07) is 8.28. The number of hydrogen-bond acceptors (Lipinski definition) is 3. The fourth-order valence-electron chi connectivity index (χ4n) is 2.15. The Morgan fingerprint density at radius 2 is 2.20 bits per heavy atom. The van der Waals surface area contributed by atoms with E-state index in [1.807, 2.05) is 19.1 Å². The minimum atomic E-state index is -0.0609. The molecule has 5 nitrogen and oxygen atoms in total. The van der Waals surface area contributed by atoms with Gasteiger partial charge in [0.2, 0.25) is 5.91 Å². The maximum atomic E-state index is 11.9. The van der Waals surface area contributed by atoms with E-state index >= 15 is 0 Å². The predicted molar refractivity (Wildman–Crippen MR) is 79.1 cm³/mol. The molecule has 2 aromatic rings. The van der Waals surface area contributed by atoms with E-state index in [4.69, 9.17) is 5.73 Å². The lowest BCUT2D eigenvalue weighted by atomic mass is 10.0. The first kappa shape index (κ1) is 14.1. The zero-order valence-corrected chi connectivity index (χ0v) is 11.8. The van der Waals surface area contributed by atoms with Gasteiger partial charge in [0.1, 0.15) is 6.54 Å². The van der Waals surface area contributed by atoms with E-state index in [1.54, 1.807) is 6.20 Å². The van der Waals surface area contributed by atoms with Crippen molar-refractivity contribution in [3.63, 3.8) is 0 Å². The van der Waals surface area contributed by atoms with Gasteiger partial charge >= 0.3 is 0 Å². The number of aromatic nitrogens is 2. The molecule has 0 bridgehead atoms. The van der Waals surface area contributed by atoms with Crippen molar-refractivity contribution in [2.45, 2.75) is 32.9 Å². The highest BCUT2D eigenvalue weighted by Crippen LogP contribution is 2.09. The zero-order valence-electron chi connectivity index (χ0n) is 11.8. The number of aryl methyl sites for hydroxylation is 1. The van der Waals surface area contributed by atoms with Crippen LogP contribution >= 0.6 is 0 Å². The quantitative estimate of drug-likeness (QED) is 0.866. The Morgan fingerprint density at radius 1 is 1.45 bits per heavy atom. The number of rotatable bonds is 5. The van der Waals surface area contributed by atoms with E-state index < -0.39 is 0 Å². The number of amides is 1. The average molecular weight is 272 g/mol. The third-order valence-corrected chi connectivity index (χ3v) is 3.15. The van der Waals surface area contributed by atoms with E-state index in [1.165, 1.54) is 22.0 Å². The monoisotopic (exact) mass is 272 g/mol. The Balaban J connectivity index is 1.86. The maximum Gasteiger partial charge on any atom is 0.241 e. The van der Waals surface area contributed by atoms with Crippen molar-refractivity contribution in [2.75, 3.05) is 5.73 Å². The summed E-state index contributed by atoms with van der Waals surface area (Å²) in [6.07, 6.45) is 4.00. The standard InChI is InChI=1S/C15H20N4O/c1-11-5-3-4-6-13(11)7-12(2)18-15(20)10-19-9-14(16)8-17-19/h3-6,8-9,12H,7,10,16H2,1-2H3,(H,18,20). The molecule has 0 fully saturated rings. The summed E-state index contributed by atoms with van der Waals surface area (Å²) in [7, 11) is 0. The number of nitrogen functional groups attached to an aromatic ring is 1. The largest absolute Gasteiger partial charge is 0.396 e. The molecule has 1 amide bonds. The number of benzene rings is 1. The first-order chi connectivity index (χ1) is 9.54. The normalized spacial score (nSPS) is 12.1. The number of nitrogens with one attached hydrogen (secondary N) is 1. The molecule has 2 rings (SSSR count). The highest BCUT2D eigenvalue weighted by molar-refractivity contribution is 5.76. The Hall–Kier alpha value is -2.30. The van der Waals surface area contributed by atoms with Crippen molar-refractivity contribution in [3.8, 4) is 0 Å². The second-order valence-electron chi connectivity index (χ2n) is 5.07. The molecule has 20 heavy (non-hydrogen) atoms. The van der Waals surface area contributed by atoms with Crippen molar-refractivity contribution in [3.05, 3.63) is 47.8 Å². The van der Waals surface area contributed by atoms with Gasteiger partial charge in [-0.15, -0.1) is 0 Å². The number of anilines is 1. The molecule has 1 unspecified atom stereocenters. The number of carbonyl (C=O) groups is 1. The van der Waals surface area contributed by atoms with Gasteiger partial charge in [0.25, 0.3) is 0 Å². The highest BCUT2D eigenvalue weighted by atomic mass is 16.2. The lowest BCUT2D eigenvalue weighted by Gasteiger charge is -2.15. The Morgan fingerprint density at radius 3 is 2.85 bits per heavy atom. The highest BCUT2D eigenvalue weighted by Gasteiger charge is 2.10. The van der Waals surface area contributed by atoms with Crippen molar-refractivity contribution in [1.29, 1.82) is 0 Å². The molecule has 0 radical (unpaired) electrons. The Bertz CT molecular complexity index is 591. The van der Waals surface area contributed by atoms with E-state index in [9.17, 15) is 4.79 Å². The fourth-order valence-corrected chi connectivity index (χ4v) is 2.15.